The number of piperazine rings is 2. The first-order valence-corrected chi connectivity index (χ1v) is 19.8. The van der Waals surface area contributed by atoms with Crippen molar-refractivity contribution in [1.82, 2.24) is 49.5 Å². The molecular weight excluding hydrogens is 800 g/mol. The third-order valence-corrected chi connectivity index (χ3v) is 10.1. The van der Waals surface area contributed by atoms with Gasteiger partial charge in [-0.2, -0.15) is 10.2 Å². The van der Waals surface area contributed by atoms with Crippen molar-refractivity contribution in [3.63, 3.8) is 0 Å². The van der Waals surface area contributed by atoms with Gasteiger partial charge in [0.05, 0.1) is 0 Å². The molecule has 6 aromatic rings. The Bertz CT molecular complexity index is 2380. The van der Waals surface area contributed by atoms with Crippen LogP contribution in [0.4, 0.5) is 0 Å². The molecule has 0 saturated carbocycles. The summed E-state index contributed by atoms with van der Waals surface area (Å²) >= 11 is 5.71. The van der Waals surface area contributed by atoms with Gasteiger partial charge in [-0.25, -0.2) is 14.6 Å². The smallest absolute Gasteiger partial charge is 0.295 e. The maximum Gasteiger partial charge on any atom is 0.295 e. The molecule has 2 aliphatic heterocycles. The second kappa shape index (κ2) is 20.6. The number of nitrogens with one attached hydrogen (secondary N) is 1. The van der Waals surface area contributed by atoms with Gasteiger partial charge >= 0.3 is 0 Å². The number of carbonyl (C=O) groups excluding carboxylic acids is 6. The second-order valence-electron chi connectivity index (χ2n) is 14.1. The van der Waals surface area contributed by atoms with E-state index in [1.807, 2.05) is 56.3 Å². The monoisotopic (exact) mass is 842 g/mol. The van der Waals surface area contributed by atoms with Gasteiger partial charge in [-0.3, -0.25) is 33.9 Å². The molecule has 16 nitrogen and oxygen atoms in total. The van der Waals surface area contributed by atoms with Crippen molar-refractivity contribution in [2.24, 2.45) is 0 Å². The van der Waals surface area contributed by atoms with Crippen LogP contribution in [0, 0.1) is 0 Å². The SMILES string of the molecule is C[C@@H]1CN(C(=O)c2ccccc2)CCN1C(=O)C(=O)c1ccc(-n2cccn2)nc1.C[C@@H]1CN(C(=O)c2ccccc2)CCN1C(=O)C(=O)c1ccc(Cl)nc1.c1cn[nH]c1. The number of nitrogens with zero attached hydrogens (tertiary/aromatic N) is 9. The van der Waals surface area contributed by atoms with Crippen LogP contribution >= 0.6 is 11.6 Å². The number of H-pyrrole nitrogens is 1. The Morgan fingerprint density at radius 1 is 0.590 bits per heavy atom. The van der Waals surface area contributed by atoms with Crippen LogP contribution in [-0.4, -0.2) is 136 Å². The zero-order chi connectivity index (χ0) is 43.3. The minimum atomic E-state index is -0.621. The fourth-order valence-corrected chi connectivity index (χ4v) is 6.82. The molecule has 0 aliphatic carbocycles. The highest BCUT2D eigenvalue weighted by Gasteiger charge is 2.35. The van der Waals surface area contributed by atoms with Crippen molar-refractivity contribution in [3.05, 3.63) is 162 Å². The Labute approximate surface area is 356 Å². The molecule has 2 aromatic carbocycles. The molecule has 8 rings (SSSR count). The molecule has 1 N–H and O–H groups in total. The summed E-state index contributed by atoms with van der Waals surface area (Å²) in [6.45, 7) is 5.82. The molecule has 4 aromatic heterocycles. The van der Waals surface area contributed by atoms with Crippen LogP contribution in [0.25, 0.3) is 5.82 Å². The number of Topliss-reactive ketones (excluding diaryl/α,β-unsaturated/α-hetero) is 2. The number of amides is 4. The number of aromatic amines is 1. The van der Waals surface area contributed by atoms with Crippen LogP contribution in [0.3, 0.4) is 0 Å². The fraction of sp³-hybridized carbons (Fsp3) is 0.227. The van der Waals surface area contributed by atoms with Crippen molar-refractivity contribution in [3.8, 4) is 5.82 Å². The lowest BCUT2D eigenvalue weighted by Crippen LogP contribution is -2.56. The number of hydrogen-bond acceptors (Lipinski definition) is 10. The Kier molecular flexibility index (Phi) is 14.6. The van der Waals surface area contributed by atoms with E-state index in [9.17, 15) is 28.8 Å². The van der Waals surface area contributed by atoms with Crippen molar-refractivity contribution in [1.29, 1.82) is 0 Å². The molecule has 2 fully saturated rings. The van der Waals surface area contributed by atoms with Gasteiger partial charge in [-0.05, 0) is 74.5 Å². The van der Waals surface area contributed by atoms with E-state index < -0.39 is 23.4 Å². The van der Waals surface area contributed by atoms with Crippen molar-refractivity contribution in [2.75, 3.05) is 39.3 Å². The van der Waals surface area contributed by atoms with Gasteiger partial charge in [0.15, 0.2) is 5.82 Å². The van der Waals surface area contributed by atoms with E-state index in [2.05, 4.69) is 25.3 Å². The lowest BCUT2D eigenvalue weighted by molar-refractivity contribution is -0.130. The van der Waals surface area contributed by atoms with E-state index >= 15 is 0 Å². The summed E-state index contributed by atoms with van der Waals surface area (Å²) in [5.74, 6) is -1.98. The molecule has 2 saturated heterocycles. The predicted molar refractivity (Wildman–Crippen MR) is 225 cm³/mol. The summed E-state index contributed by atoms with van der Waals surface area (Å²) in [6.07, 6.45) is 9.51. The van der Waals surface area contributed by atoms with E-state index in [1.165, 1.54) is 34.3 Å². The van der Waals surface area contributed by atoms with Gasteiger partial charge in [-0.15, -0.1) is 0 Å². The van der Waals surface area contributed by atoms with Gasteiger partial charge in [0, 0.05) is 111 Å². The molecule has 0 spiro atoms. The number of pyridine rings is 2. The minimum Gasteiger partial charge on any atom is -0.335 e. The van der Waals surface area contributed by atoms with Gasteiger partial charge in [0.25, 0.3) is 35.2 Å². The Morgan fingerprint density at radius 2 is 1.11 bits per heavy atom. The zero-order valence-corrected chi connectivity index (χ0v) is 34.2. The van der Waals surface area contributed by atoms with Gasteiger partial charge < -0.3 is 19.6 Å². The lowest BCUT2D eigenvalue weighted by atomic mass is 10.1. The van der Waals surface area contributed by atoms with Crippen molar-refractivity contribution in [2.45, 2.75) is 25.9 Å². The third-order valence-electron chi connectivity index (χ3n) is 9.93. The molecule has 312 valence electrons. The number of rotatable bonds is 7. The Morgan fingerprint density at radius 3 is 1.49 bits per heavy atom. The molecule has 4 amide bonds. The van der Waals surface area contributed by atoms with Gasteiger partial charge in [0.2, 0.25) is 0 Å². The summed E-state index contributed by atoms with van der Waals surface area (Å²) in [7, 11) is 0. The molecule has 0 unspecified atom stereocenters. The highest BCUT2D eigenvalue weighted by Crippen LogP contribution is 2.18. The van der Waals surface area contributed by atoms with Crippen LogP contribution in [0.2, 0.25) is 5.15 Å². The molecular formula is C44H43ClN10O6. The first-order valence-electron chi connectivity index (χ1n) is 19.4. The molecule has 61 heavy (non-hydrogen) atoms. The summed E-state index contributed by atoms with van der Waals surface area (Å²) in [5, 5.41) is 10.6. The topological polar surface area (TPSA) is 188 Å². The Balaban J connectivity index is 0.000000184. The van der Waals surface area contributed by atoms with Gasteiger partial charge in [0.1, 0.15) is 5.15 Å². The predicted octanol–water partition coefficient (Wildman–Crippen LogP) is 4.52. The zero-order valence-electron chi connectivity index (χ0n) is 33.5. The second-order valence-corrected chi connectivity index (χ2v) is 14.5. The minimum absolute atomic E-state index is 0.0701. The average Bonchev–Trinajstić information content (AvgIpc) is 4.08. The van der Waals surface area contributed by atoms with Crippen molar-refractivity contribution >= 4 is 46.8 Å². The summed E-state index contributed by atoms with van der Waals surface area (Å²) < 4.78 is 1.57. The maximum atomic E-state index is 12.8. The first kappa shape index (κ1) is 43.3. The van der Waals surface area contributed by atoms with Crippen LogP contribution in [0.1, 0.15) is 55.3 Å². The van der Waals surface area contributed by atoms with E-state index in [0.717, 1.165) is 0 Å². The quantitative estimate of drug-likeness (QED) is 0.136. The molecule has 0 radical (unpaired) electrons. The third kappa shape index (κ3) is 11.0. The highest BCUT2D eigenvalue weighted by molar-refractivity contribution is 6.43. The number of benzene rings is 2. The first-order chi connectivity index (χ1) is 29.5. The molecule has 2 atom stereocenters. The number of halogens is 1. The van der Waals surface area contributed by atoms with Crippen LogP contribution in [0.15, 0.2) is 134 Å². The number of ketones is 2. The van der Waals surface area contributed by atoms with E-state index in [4.69, 9.17) is 11.6 Å². The molecule has 6 heterocycles. The summed E-state index contributed by atoms with van der Waals surface area (Å²) in [6, 6.07) is 27.3. The molecule has 2 aliphatic rings. The number of carbonyl (C=O) groups is 6. The molecule has 17 heteroatoms. The number of hydrogen-bond donors (Lipinski definition) is 1. The maximum absolute atomic E-state index is 12.8. The largest absolute Gasteiger partial charge is 0.335 e. The molecule has 0 bridgehead atoms. The lowest BCUT2D eigenvalue weighted by Gasteiger charge is -2.39. The standard InChI is InChI=1S/C22H21N5O3.C19H18ClN3O3.C3H4N2/c1-16-15-25(21(29)17-6-3-2-4-7-17)12-13-26(16)22(30)20(28)18-8-9-19(23-14-18)27-11-5-10-24-27;1-13-12-22(18(25)14-5-3-2-4-6-14)9-10-23(13)19(26)17(24)15-7-8-16(20)21-11-15;1-2-4-5-3-1/h2-11,14,16H,12-13,15H2,1H3;2-8,11,13H,9-10,12H2,1H3;1-3H,(H,4,5)/t16-;13-;/m11./s1. The Hall–Kier alpha value is -7.33. The van der Waals surface area contributed by atoms with E-state index in [-0.39, 0.29) is 40.2 Å². The van der Waals surface area contributed by atoms with Crippen LogP contribution in [-0.2, 0) is 9.59 Å². The van der Waals surface area contributed by atoms with E-state index in [0.29, 0.717) is 56.2 Å². The highest BCUT2D eigenvalue weighted by atomic mass is 35.5. The van der Waals surface area contributed by atoms with Gasteiger partial charge in [-0.1, -0.05) is 48.0 Å². The van der Waals surface area contributed by atoms with E-state index in [1.54, 1.807) is 81.7 Å². The van der Waals surface area contributed by atoms with Crippen LogP contribution in [0.5, 0.6) is 0 Å². The summed E-state index contributed by atoms with van der Waals surface area (Å²) in [5.41, 5.74) is 1.66. The fourth-order valence-electron chi connectivity index (χ4n) is 6.71. The van der Waals surface area contributed by atoms with Crippen LogP contribution < -0.4 is 0 Å². The average molecular weight is 843 g/mol. The summed E-state index contributed by atoms with van der Waals surface area (Å²) in [4.78, 5) is 90.1. The normalized spacial score (nSPS) is 16.0. The van der Waals surface area contributed by atoms with Crippen molar-refractivity contribution < 1.29 is 28.8 Å². The number of aromatic nitrogens is 6.